The first-order valence-electron chi connectivity index (χ1n) is 7.21. The van der Waals surface area contributed by atoms with E-state index < -0.39 is 16.1 Å². The number of rotatable bonds is 3. The van der Waals surface area contributed by atoms with Crippen molar-refractivity contribution in [3.05, 3.63) is 18.2 Å². The molecular formula is C14H16N4O5S. The van der Waals surface area contributed by atoms with Crippen LogP contribution in [0.3, 0.4) is 0 Å². The van der Waals surface area contributed by atoms with E-state index in [1.165, 1.54) is 20.2 Å². The van der Waals surface area contributed by atoms with E-state index in [0.29, 0.717) is 17.1 Å². The van der Waals surface area contributed by atoms with Crippen LogP contribution in [0.4, 0.5) is 17.1 Å². The number of hydrogen-bond donors (Lipinski definition) is 1. The minimum Gasteiger partial charge on any atom is -0.324 e. The number of hydrogen-bond acceptors (Lipinski definition) is 5. The maximum atomic E-state index is 12.1. The van der Waals surface area contributed by atoms with Crippen molar-refractivity contribution in [2.45, 2.75) is 12.8 Å². The maximum Gasteiger partial charge on any atom is 0.326 e. The van der Waals surface area contributed by atoms with Gasteiger partial charge in [0.15, 0.2) is 0 Å². The molecule has 10 heteroatoms. The van der Waals surface area contributed by atoms with Crippen LogP contribution in [0.25, 0.3) is 0 Å². The lowest BCUT2D eigenvalue weighted by Crippen LogP contribution is -2.36. The van der Waals surface area contributed by atoms with Gasteiger partial charge in [0, 0.05) is 32.6 Å². The summed E-state index contributed by atoms with van der Waals surface area (Å²) in [5, 5.41) is 2.58. The van der Waals surface area contributed by atoms with Crippen molar-refractivity contribution in [3.63, 3.8) is 0 Å². The van der Waals surface area contributed by atoms with Crippen LogP contribution in [-0.4, -0.2) is 51.7 Å². The summed E-state index contributed by atoms with van der Waals surface area (Å²) in [6.07, 6.45) is 0.250. The largest absolute Gasteiger partial charge is 0.326 e. The Morgan fingerprint density at radius 2 is 1.67 bits per heavy atom. The predicted octanol–water partition coefficient (Wildman–Crippen LogP) is -0.0951. The average Bonchev–Trinajstić information content (AvgIpc) is 2.92. The highest BCUT2D eigenvalue weighted by atomic mass is 32.2. The molecule has 0 atom stereocenters. The second kappa shape index (κ2) is 5.48. The van der Waals surface area contributed by atoms with Crippen molar-refractivity contribution in [2.75, 3.05) is 34.6 Å². The van der Waals surface area contributed by atoms with Crippen LogP contribution in [0, 0.1) is 0 Å². The molecule has 24 heavy (non-hydrogen) atoms. The van der Waals surface area contributed by atoms with Gasteiger partial charge in [-0.2, -0.15) is 8.42 Å². The number of anilines is 3. The van der Waals surface area contributed by atoms with Gasteiger partial charge in [-0.1, -0.05) is 0 Å². The fourth-order valence-electron chi connectivity index (χ4n) is 2.70. The molecule has 9 nitrogen and oxygen atoms in total. The van der Waals surface area contributed by atoms with Crippen LogP contribution in [0.1, 0.15) is 12.8 Å². The van der Waals surface area contributed by atoms with Crippen LogP contribution < -0.4 is 13.9 Å². The summed E-state index contributed by atoms with van der Waals surface area (Å²) in [7, 11) is -0.718. The number of imide groups is 1. The summed E-state index contributed by atoms with van der Waals surface area (Å²) in [5.74, 6) is -1.25. The topological polar surface area (TPSA) is 107 Å². The molecule has 0 unspecified atom stereocenters. The maximum absolute atomic E-state index is 12.1. The lowest BCUT2D eigenvalue weighted by molar-refractivity contribution is -0.141. The monoisotopic (exact) mass is 352 g/mol. The number of carbonyl (C=O) groups is 3. The second-order valence-electron chi connectivity index (χ2n) is 5.57. The lowest BCUT2D eigenvalue weighted by Gasteiger charge is -2.14. The summed E-state index contributed by atoms with van der Waals surface area (Å²) in [6.45, 7) is -0.344. The first-order chi connectivity index (χ1) is 11.2. The molecule has 0 aliphatic carbocycles. The second-order valence-corrected chi connectivity index (χ2v) is 7.56. The Kier molecular flexibility index (Phi) is 3.71. The van der Waals surface area contributed by atoms with Crippen molar-refractivity contribution in [1.82, 2.24) is 4.90 Å². The van der Waals surface area contributed by atoms with Crippen LogP contribution in [0.15, 0.2) is 18.2 Å². The van der Waals surface area contributed by atoms with E-state index in [-0.39, 0.29) is 31.2 Å². The Labute approximate surface area is 139 Å². The average molecular weight is 352 g/mol. The van der Waals surface area contributed by atoms with E-state index >= 15 is 0 Å². The third-order valence-corrected chi connectivity index (χ3v) is 5.86. The van der Waals surface area contributed by atoms with Crippen molar-refractivity contribution in [3.8, 4) is 0 Å². The highest BCUT2D eigenvalue weighted by molar-refractivity contribution is 7.94. The third kappa shape index (κ3) is 2.48. The Morgan fingerprint density at radius 3 is 2.29 bits per heavy atom. The fourth-order valence-corrected chi connectivity index (χ4v) is 3.86. The lowest BCUT2D eigenvalue weighted by atomic mass is 10.2. The molecule has 0 radical (unpaired) electrons. The Morgan fingerprint density at radius 1 is 1.08 bits per heavy atom. The van der Waals surface area contributed by atoms with Crippen molar-refractivity contribution < 1.29 is 22.8 Å². The van der Waals surface area contributed by atoms with Crippen LogP contribution in [0.5, 0.6) is 0 Å². The normalized spacial score (nSPS) is 19.0. The molecule has 0 bridgehead atoms. The van der Waals surface area contributed by atoms with Gasteiger partial charge in [-0.05, 0) is 18.2 Å². The molecule has 0 aromatic heterocycles. The van der Waals surface area contributed by atoms with Gasteiger partial charge < -0.3 is 5.32 Å². The number of benzene rings is 1. The molecule has 1 fully saturated rings. The number of amides is 3. The van der Waals surface area contributed by atoms with Crippen molar-refractivity contribution in [1.29, 1.82) is 0 Å². The summed E-state index contributed by atoms with van der Waals surface area (Å²) in [4.78, 5) is 36.0. The van der Waals surface area contributed by atoms with Gasteiger partial charge in [-0.3, -0.25) is 27.9 Å². The molecule has 1 saturated heterocycles. The van der Waals surface area contributed by atoms with Gasteiger partial charge in [0.1, 0.15) is 6.54 Å². The number of fused-ring (bicyclic) bond motifs is 1. The summed E-state index contributed by atoms with van der Waals surface area (Å²) in [5.41, 5.74) is 1.32. The zero-order valence-electron chi connectivity index (χ0n) is 13.1. The van der Waals surface area contributed by atoms with Gasteiger partial charge >= 0.3 is 10.2 Å². The van der Waals surface area contributed by atoms with E-state index in [9.17, 15) is 22.8 Å². The molecule has 0 saturated carbocycles. The van der Waals surface area contributed by atoms with Gasteiger partial charge in [0.2, 0.25) is 17.7 Å². The molecule has 2 heterocycles. The van der Waals surface area contributed by atoms with Crippen molar-refractivity contribution >= 4 is 45.0 Å². The van der Waals surface area contributed by atoms with Gasteiger partial charge in [0.05, 0.1) is 11.4 Å². The minimum atomic E-state index is -3.58. The first kappa shape index (κ1) is 16.2. The standard InChI is InChI=1S/C14H16N4O5S/c1-16-10-4-3-9(7-11(10)17(2)24(16,22)23)15-12(19)8-18-13(20)5-6-14(18)21/h3-4,7H,5-6,8H2,1-2H3,(H,15,19). The van der Waals surface area contributed by atoms with Gasteiger partial charge in [-0.25, -0.2) is 0 Å². The van der Waals surface area contributed by atoms with E-state index in [1.807, 2.05) is 0 Å². The highest BCUT2D eigenvalue weighted by Crippen LogP contribution is 2.40. The molecule has 2 aliphatic rings. The molecular weight excluding hydrogens is 336 g/mol. The quantitative estimate of drug-likeness (QED) is 0.765. The summed E-state index contributed by atoms with van der Waals surface area (Å²) < 4.78 is 26.4. The molecule has 2 aliphatic heterocycles. The zero-order valence-corrected chi connectivity index (χ0v) is 14.0. The fraction of sp³-hybridized carbons (Fsp3) is 0.357. The highest BCUT2D eigenvalue weighted by Gasteiger charge is 2.35. The smallest absolute Gasteiger partial charge is 0.324 e. The van der Waals surface area contributed by atoms with Crippen LogP contribution in [-0.2, 0) is 24.6 Å². The Hall–Kier alpha value is -2.62. The third-order valence-electron chi connectivity index (χ3n) is 4.09. The number of nitrogens with zero attached hydrogens (tertiary/aromatic N) is 3. The van der Waals surface area contributed by atoms with E-state index in [1.54, 1.807) is 12.1 Å². The molecule has 3 rings (SSSR count). The number of likely N-dealkylation sites (tertiary alicyclic amines) is 1. The number of carbonyl (C=O) groups excluding carboxylic acids is 3. The SMILES string of the molecule is CN1c2ccc(NC(=O)CN3C(=O)CCC3=O)cc2N(C)S1(=O)=O. The molecule has 1 aromatic carbocycles. The zero-order chi connectivity index (χ0) is 17.6. The minimum absolute atomic E-state index is 0.125. The molecule has 1 N–H and O–H groups in total. The summed E-state index contributed by atoms with van der Waals surface area (Å²) in [6, 6.07) is 4.68. The van der Waals surface area contributed by atoms with E-state index in [0.717, 1.165) is 13.5 Å². The molecule has 0 spiro atoms. The van der Waals surface area contributed by atoms with Crippen LogP contribution >= 0.6 is 0 Å². The molecule has 1 aromatic rings. The molecule has 128 valence electrons. The van der Waals surface area contributed by atoms with Crippen LogP contribution in [0.2, 0.25) is 0 Å². The van der Waals surface area contributed by atoms with Crippen molar-refractivity contribution in [2.24, 2.45) is 0 Å². The van der Waals surface area contributed by atoms with E-state index in [2.05, 4.69) is 5.32 Å². The number of nitrogens with one attached hydrogen (secondary N) is 1. The predicted molar refractivity (Wildman–Crippen MR) is 86.8 cm³/mol. The van der Waals surface area contributed by atoms with Gasteiger partial charge in [-0.15, -0.1) is 0 Å². The summed E-state index contributed by atoms with van der Waals surface area (Å²) >= 11 is 0. The van der Waals surface area contributed by atoms with E-state index in [4.69, 9.17) is 0 Å². The van der Waals surface area contributed by atoms with Gasteiger partial charge in [0.25, 0.3) is 0 Å². The first-order valence-corrected chi connectivity index (χ1v) is 8.61. The Balaban J connectivity index is 1.76. The molecule has 3 amide bonds. The Bertz CT molecular complexity index is 835.